The lowest BCUT2D eigenvalue weighted by molar-refractivity contribution is -0.118. The predicted molar refractivity (Wildman–Crippen MR) is 92.0 cm³/mol. The Bertz CT molecular complexity index is 719. The van der Waals surface area contributed by atoms with E-state index < -0.39 is 0 Å². The quantitative estimate of drug-likeness (QED) is 0.877. The molecular weight excluding hydrogens is 334 g/mol. The summed E-state index contributed by atoms with van der Waals surface area (Å²) in [7, 11) is 0. The number of aromatic nitrogens is 1. The van der Waals surface area contributed by atoms with Crippen molar-refractivity contribution in [1.29, 1.82) is 0 Å². The Hall–Kier alpha value is -1.50. The minimum atomic E-state index is -0.355. The Morgan fingerprint density at radius 1 is 1.48 bits per heavy atom. The number of fused-ring (bicyclic) bond motifs is 1. The molecule has 0 saturated carbocycles. The van der Waals surface area contributed by atoms with Crippen LogP contribution in [-0.4, -0.2) is 22.9 Å². The number of amides is 1. The fourth-order valence-corrected chi connectivity index (χ4v) is 3.86. The van der Waals surface area contributed by atoms with Gasteiger partial charge in [-0.1, -0.05) is 16.8 Å². The Labute approximate surface area is 144 Å². The number of nitrogens with zero attached hydrogens (tertiary/aromatic N) is 1. The number of carbonyl (C=O) groups is 1. The number of carbonyl (C=O) groups excluding carboxylic acids is 1. The first-order chi connectivity index (χ1) is 11.0. The molecule has 1 aliphatic rings. The number of thioether (sulfide) groups is 1. The second kappa shape index (κ2) is 6.95. The minimum Gasteiger partial charge on any atom is -0.360 e. The summed E-state index contributed by atoms with van der Waals surface area (Å²) in [5, 5.41) is 10.6. The van der Waals surface area contributed by atoms with Gasteiger partial charge in [0.1, 0.15) is 5.76 Å². The summed E-state index contributed by atoms with van der Waals surface area (Å²) in [6, 6.07) is 7.37. The highest BCUT2D eigenvalue weighted by Crippen LogP contribution is 2.37. The van der Waals surface area contributed by atoms with Crippen molar-refractivity contribution in [3.05, 3.63) is 40.6 Å². The third kappa shape index (κ3) is 3.88. The maximum absolute atomic E-state index is 12.3. The highest BCUT2D eigenvalue weighted by molar-refractivity contribution is 7.99. The topological polar surface area (TPSA) is 67.2 Å². The fourth-order valence-electron chi connectivity index (χ4n) is 2.58. The van der Waals surface area contributed by atoms with Gasteiger partial charge >= 0.3 is 0 Å². The minimum absolute atomic E-state index is 0.116. The fraction of sp³-hybridized carbons (Fsp3) is 0.375. The van der Waals surface area contributed by atoms with Crippen molar-refractivity contribution in [2.75, 3.05) is 11.1 Å². The molecule has 5 nitrogen and oxygen atoms in total. The van der Waals surface area contributed by atoms with E-state index in [-0.39, 0.29) is 18.0 Å². The molecule has 2 heterocycles. The molecule has 1 aromatic heterocycles. The molecule has 122 valence electrons. The normalized spacial score (nSPS) is 18.3. The lowest BCUT2D eigenvalue weighted by Gasteiger charge is -2.28. The van der Waals surface area contributed by atoms with E-state index in [1.165, 1.54) is 4.90 Å². The lowest BCUT2D eigenvalue weighted by atomic mass is 10.0. The van der Waals surface area contributed by atoms with Gasteiger partial charge < -0.3 is 9.84 Å². The zero-order valence-electron chi connectivity index (χ0n) is 12.9. The third-order valence-electron chi connectivity index (χ3n) is 3.74. The largest absolute Gasteiger partial charge is 0.360 e. The Balaban J connectivity index is 1.67. The van der Waals surface area contributed by atoms with Crippen LogP contribution in [0.25, 0.3) is 0 Å². The maximum atomic E-state index is 12.3. The summed E-state index contributed by atoms with van der Waals surface area (Å²) >= 11 is 7.94. The molecule has 2 atom stereocenters. The predicted octanol–water partition coefficient (Wildman–Crippen LogP) is 3.79. The van der Waals surface area contributed by atoms with Gasteiger partial charge in [-0.25, -0.2) is 0 Å². The summed E-state index contributed by atoms with van der Waals surface area (Å²) in [6.07, 6.45) is 0.957. The molecule has 2 aromatic rings. The second-order valence-electron chi connectivity index (χ2n) is 5.57. The van der Waals surface area contributed by atoms with E-state index in [1.54, 1.807) is 13.0 Å². The van der Waals surface area contributed by atoms with Gasteiger partial charge in [-0.3, -0.25) is 10.1 Å². The summed E-state index contributed by atoms with van der Waals surface area (Å²) in [5.74, 6) is 1.97. The first-order valence-electron chi connectivity index (χ1n) is 7.45. The van der Waals surface area contributed by atoms with Crippen LogP contribution < -0.4 is 10.6 Å². The van der Waals surface area contributed by atoms with E-state index >= 15 is 0 Å². The Morgan fingerprint density at radius 2 is 2.30 bits per heavy atom. The molecule has 1 aliphatic heterocycles. The van der Waals surface area contributed by atoms with Gasteiger partial charge in [0.05, 0.1) is 6.04 Å². The van der Waals surface area contributed by atoms with Crippen LogP contribution >= 0.6 is 23.4 Å². The number of nitrogens with one attached hydrogen (secondary N) is 2. The van der Waals surface area contributed by atoms with E-state index in [1.807, 2.05) is 36.9 Å². The molecule has 2 unspecified atom stereocenters. The van der Waals surface area contributed by atoms with Crippen LogP contribution in [0, 0.1) is 6.92 Å². The number of rotatable bonds is 4. The molecule has 3 rings (SSSR count). The first kappa shape index (κ1) is 16.4. The van der Waals surface area contributed by atoms with E-state index in [2.05, 4.69) is 15.8 Å². The summed E-state index contributed by atoms with van der Waals surface area (Å²) in [6.45, 7) is 3.62. The van der Waals surface area contributed by atoms with Crippen molar-refractivity contribution < 1.29 is 9.32 Å². The third-order valence-corrected chi connectivity index (χ3v) is 5.09. The Kier molecular flexibility index (Phi) is 4.94. The molecule has 2 N–H and O–H groups in total. The second-order valence-corrected chi connectivity index (χ2v) is 7.15. The van der Waals surface area contributed by atoms with Gasteiger partial charge in [-0.05, 0) is 49.8 Å². The van der Waals surface area contributed by atoms with Crippen LogP contribution in [0.4, 0.5) is 5.82 Å². The van der Waals surface area contributed by atoms with Crippen LogP contribution in [0.2, 0.25) is 5.02 Å². The summed E-state index contributed by atoms with van der Waals surface area (Å²) in [4.78, 5) is 13.5. The summed E-state index contributed by atoms with van der Waals surface area (Å²) < 4.78 is 4.95. The number of aryl methyl sites for hydroxylation is 1. The summed E-state index contributed by atoms with van der Waals surface area (Å²) in [5.41, 5.74) is 1.16. The van der Waals surface area contributed by atoms with E-state index in [9.17, 15) is 4.79 Å². The maximum Gasteiger partial charge on any atom is 0.242 e. The molecule has 0 fully saturated rings. The molecule has 0 spiro atoms. The first-order valence-corrected chi connectivity index (χ1v) is 8.82. The van der Waals surface area contributed by atoms with Crippen molar-refractivity contribution in [3.8, 4) is 0 Å². The lowest BCUT2D eigenvalue weighted by Crippen LogP contribution is -2.41. The average molecular weight is 352 g/mol. The van der Waals surface area contributed by atoms with Crippen LogP contribution in [-0.2, 0) is 4.79 Å². The molecule has 0 aliphatic carbocycles. The van der Waals surface area contributed by atoms with Gasteiger partial charge in [-0.15, -0.1) is 11.8 Å². The van der Waals surface area contributed by atoms with Crippen molar-refractivity contribution in [2.24, 2.45) is 0 Å². The smallest absolute Gasteiger partial charge is 0.242 e. The zero-order chi connectivity index (χ0) is 16.4. The number of anilines is 1. The molecule has 23 heavy (non-hydrogen) atoms. The highest BCUT2D eigenvalue weighted by Gasteiger charge is 2.25. The molecule has 0 saturated heterocycles. The van der Waals surface area contributed by atoms with E-state index in [4.69, 9.17) is 16.1 Å². The zero-order valence-corrected chi connectivity index (χ0v) is 14.5. The van der Waals surface area contributed by atoms with Crippen LogP contribution in [0.1, 0.15) is 30.7 Å². The molecule has 1 amide bonds. The van der Waals surface area contributed by atoms with Gasteiger partial charge in [0.25, 0.3) is 0 Å². The highest BCUT2D eigenvalue weighted by atomic mass is 35.5. The average Bonchev–Trinajstić information content (AvgIpc) is 2.93. The van der Waals surface area contributed by atoms with Crippen LogP contribution in [0.15, 0.2) is 33.7 Å². The molecule has 0 radical (unpaired) electrons. The number of benzene rings is 1. The number of halogens is 1. The van der Waals surface area contributed by atoms with Crippen molar-refractivity contribution >= 4 is 35.1 Å². The molecule has 0 bridgehead atoms. The van der Waals surface area contributed by atoms with Gasteiger partial charge in [0.15, 0.2) is 5.82 Å². The van der Waals surface area contributed by atoms with E-state index in [0.29, 0.717) is 16.6 Å². The van der Waals surface area contributed by atoms with Crippen molar-refractivity contribution in [2.45, 2.75) is 37.2 Å². The monoisotopic (exact) mass is 351 g/mol. The molecule has 1 aromatic carbocycles. The van der Waals surface area contributed by atoms with E-state index in [0.717, 1.165) is 17.7 Å². The molecular formula is C16H18ClN3O2S. The molecule has 7 heteroatoms. The van der Waals surface area contributed by atoms with Gasteiger partial charge in [0, 0.05) is 22.0 Å². The van der Waals surface area contributed by atoms with Crippen molar-refractivity contribution in [3.63, 3.8) is 0 Å². The number of hydrogen-bond acceptors (Lipinski definition) is 5. The van der Waals surface area contributed by atoms with Crippen molar-refractivity contribution in [1.82, 2.24) is 10.5 Å². The standard InChI is InChI=1S/C16H18ClN3O2S/c1-9-7-15(20-22-9)19-16(21)10(2)18-13-5-6-23-14-4-3-11(17)8-12(13)14/h3-4,7-8,10,13,18H,5-6H2,1-2H3,(H,19,20,21). The van der Waals surface area contributed by atoms with Crippen LogP contribution in [0.3, 0.4) is 0 Å². The Morgan fingerprint density at radius 3 is 3.04 bits per heavy atom. The number of hydrogen-bond donors (Lipinski definition) is 2. The van der Waals surface area contributed by atoms with Gasteiger partial charge in [0.2, 0.25) is 5.91 Å². The van der Waals surface area contributed by atoms with Gasteiger partial charge in [-0.2, -0.15) is 0 Å². The van der Waals surface area contributed by atoms with Crippen LogP contribution in [0.5, 0.6) is 0 Å². The SMILES string of the molecule is Cc1cc(NC(=O)C(C)NC2CCSc3ccc(Cl)cc32)no1.